The zero-order valence-corrected chi connectivity index (χ0v) is 11.2. The summed E-state index contributed by atoms with van der Waals surface area (Å²) < 4.78 is 0. The highest BCUT2D eigenvalue weighted by Crippen LogP contribution is 2.48. The summed E-state index contributed by atoms with van der Waals surface area (Å²) in [6.45, 7) is 6.63. The molecule has 4 heteroatoms. The zero-order valence-electron chi connectivity index (χ0n) is 11.2. The van der Waals surface area contributed by atoms with E-state index in [0.29, 0.717) is 5.84 Å². The number of nitrogens with zero attached hydrogens (tertiary/aromatic N) is 1. The molecule has 0 bridgehead atoms. The largest absolute Gasteiger partial charge is 0.409 e. The van der Waals surface area contributed by atoms with Gasteiger partial charge in [-0.05, 0) is 37.1 Å². The number of nitrogens with one attached hydrogen (secondary N) is 1. The lowest BCUT2D eigenvalue weighted by atomic mass is 10.0. The SMILES string of the molecule is CC(C)CCCCNCC1(CC(N)=NO)CC1. The van der Waals surface area contributed by atoms with Gasteiger partial charge in [0.1, 0.15) is 5.84 Å². The van der Waals surface area contributed by atoms with Crippen molar-refractivity contribution in [3.63, 3.8) is 0 Å². The molecule has 0 unspecified atom stereocenters. The molecule has 0 saturated heterocycles. The molecule has 0 aromatic heterocycles. The third-order valence-electron chi connectivity index (χ3n) is 3.53. The Kier molecular flexibility index (Phi) is 5.75. The molecule has 0 aromatic rings. The van der Waals surface area contributed by atoms with E-state index >= 15 is 0 Å². The van der Waals surface area contributed by atoms with Gasteiger partial charge in [-0.15, -0.1) is 0 Å². The van der Waals surface area contributed by atoms with E-state index in [4.69, 9.17) is 10.9 Å². The van der Waals surface area contributed by atoms with Gasteiger partial charge in [0.25, 0.3) is 0 Å². The molecule has 1 fully saturated rings. The second kappa shape index (κ2) is 6.84. The van der Waals surface area contributed by atoms with E-state index in [1.165, 1.54) is 32.1 Å². The summed E-state index contributed by atoms with van der Waals surface area (Å²) in [7, 11) is 0. The molecule has 1 saturated carbocycles. The summed E-state index contributed by atoms with van der Waals surface area (Å²) in [5.74, 6) is 1.18. The summed E-state index contributed by atoms with van der Waals surface area (Å²) in [6.07, 6.45) is 6.99. The normalized spacial score (nSPS) is 18.6. The summed E-state index contributed by atoms with van der Waals surface area (Å²) >= 11 is 0. The molecule has 0 spiro atoms. The average Bonchev–Trinajstić information content (AvgIpc) is 3.03. The number of nitrogens with two attached hydrogens (primary N) is 1. The van der Waals surface area contributed by atoms with E-state index in [9.17, 15) is 0 Å². The summed E-state index contributed by atoms with van der Waals surface area (Å²) in [5.41, 5.74) is 5.84. The first-order valence-corrected chi connectivity index (χ1v) is 6.75. The van der Waals surface area contributed by atoms with Crippen molar-refractivity contribution in [2.75, 3.05) is 13.1 Å². The third-order valence-corrected chi connectivity index (χ3v) is 3.53. The number of rotatable bonds is 9. The van der Waals surface area contributed by atoms with Crippen molar-refractivity contribution in [3.05, 3.63) is 0 Å². The van der Waals surface area contributed by atoms with Gasteiger partial charge < -0.3 is 16.3 Å². The highest BCUT2D eigenvalue weighted by Gasteiger charge is 2.42. The Hall–Kier alpha value is -0.770. The summed E-state index contributed by atoms with van der Waals surface area (Å²) in [4.78, 5) is 0. The van der Waals surface area contributed by atoms with E-state index < -0.39 is 0 Å². The molecule has 0 amide bonds. The van der Waals surface area contributed by atoms with Crippen molar-refractivity contribution in [2.24, 2.45) is 22.2 Å². The monoisotopic (exact) mass is 241 g/mol. The fourth-order valence-corrected chi connectivity index (χ4v) is 2.17. The molecule has 0 atom stereocenters. The van der Waals surface area contributed by atoms with Gasteiger partial charge in [0.05, 0.1) is 0 Å². The first kappa shape index (κ1) is 14.3. The van der Waals surface area contributed by atoms with Crippen molar-refractivity contribution < 1.29 is 5.21 Å². The van der Waals surface area contributed by atoms with Crippen LogP contribution in [0.2, 0.25) is 0 Å². The third kappa shape index (κ3) is 5.91. The van der Waals surface area contributed by atoms with E-state index in [2.05, 4.69) is 24.3 Å². The number of unbranched alkanes of at least 4 members (excludes halogenated alkanes) is 1. The molecule has 0 radical (unpaired) electrons. The van der Waals surface area contributed by atoms with Gasteiger partial charge in [-0.25, -0.2) is 0 Å². The fraction of sp³-hybridized carbons (Fsp3) is 0.923. The van der Waals surface area contributed by atoms with Crippen LogP contribution >= 0.6 is 0 Å². The Morgan fingerprint density at radius 3 is 2.65 bits per heavy atom. The predicted octanol–water partition coefficient (Wildman–Crippen LogP) is 2.32. The van der Waals surface area contributed by atoms with E-state index in [1.807, 2.05) is 0 Å². The van der Waals surface area contributed by atoms with Crippen LogP contribution in [0.15, 0.2) is 5.16 Å². The van der Waals surface area contributed by atoms with Crippen LogP contribution in [0.3, 0.4) is 0 Å². The van der Waals surface area contributed by atoms with Crippen molar-refractivity contribution in [2.45, 2.75) is 52.4 Å². The highest BCUT2D eigenvalue weighted by atomic mass is 16.4. The molecule has 1 rings (SSSR count). The second-order valence-corrected chi connectivity index (χ2v) is 5.83. The Balaban J connectivity index is 2.03. The quantitative estimate of drug-likeness (QED) is 0.191. The molecule has 0 aliphatic heterocycles. The van der Waals surface area contributed by atoms with Gasteiger partial charge in [0.15, 0.2) is 0 Å². The first-order valence-electron chi connectivity index (χ1n) is 6.75. The number of hydrogen-bond acceptors (Lipinski definition) is 3. The Morgan fingerprint density at radius 2 is 2.12 bits per heavy atom. The van der Waals surface area contributed by atoms with Crippen LogP contribution in [0.25, 0.3) is 0 Å². The van der Waals surface area contributed by atoms with Crippen molar-refractivity contribution in [3.8, 4) is 0 Å². The molecule has 1 aliphatic carbocycles. The van der Waals surface area contributed by atoms with Crippen molar-refractivity contribution in [1.29, 1.82) is 0 Å². The number of oxime groups is 1. The molecule has 17 heavy (non-hydrogen) atoms. The van der Waals surface area contributed by atoms with Crippen LogP contribution in [0.1, 0.15) is 52.4 Å². The Morgan fingerprint density at radius 1 is 1.41 bits per heavy atom. The minimum Gasteiger partial charge on any atom is -0.409 e. The van der Waals surface area contributed by atoms with Gasteiger partial charge in [-0.1, -0.05) is 31.8 Å². The van der Waals surface area contributed by atoms with Crippen LogP contribution < -0.4 is 11.1 Å². The van der Waals surface area contributed by atoms with Gasteiger partial charge in [0.2, 0.25) is 0 Å². The fourth-order valence-electron chi connectivity index (χ4n) is 2.17. The van der Waals surface area contributed by atoms with Gasteiger partial charge in [-0.3, -0.25) is 0 Å². The second-order valence-electron chi connectivity index (χ2n) is 5.83. The van der Waals surface area contributed by atoms with Crippen molar-refractivity contribution in [1.82, 2.24) is 5.32 Å². The zero-order chi connectivity index (χ0) is 12.7. The topological polar surface area (TPSA) is 70.6 Å². The van der Waals surface area contributed by atoms with Crippen LogP contribution in [-0.4, -0.2) is 24.1 Å². The van der Waals surface area contributed by atoms with Crippen molar-refractivity contribution >= 4 is 5.84 Å². The standard InChI is InChI=1S/C13H27N3O/c1-11(2)5-3-4-8-15-10-13(6-7-13)9-12(14)16-17/h11,15,17H,3-10H2,1-2H3,(H2,14,16). The summed E-state index contributed by atoms with van der Waals surface area (Å²) in [5, 5.41) is 15.1. The molecular weight excluding hydrogens is 214 g/mol. The lowest BCUT2D eigenvalue weighted by molar-refractivity contribution is 0.314. The maximum absolute atomic E-state index is 8.56. The first-order chi connectivity index (χ1) is 8.08. The molecule has 0 aromatic carbocycles. The number of hydrogen-bond donors (Lipinski definition) is 3. The Labute approximate surface area is 105 Å². The lowest BCUT2D eigenvalue weighted by Gasteiger charge is -2.15. The van der Waals surface area contributed by atoms with E-state index in [1.54, 1.807) is 0 Å². The van der Waals surface area contributed by atoms with E-state index in [0.717, 1.165) is 25.4 Å². The molecule has 1 aliphatic rings. The minimum absolute atomic E-state index is 0.286. The number of amidine groups is 1. The van der Waals surface area contributed by atoms with Gasteiger partial charge >= 0.3 is 0 Å². The van der Waals surface area contributed by atoms with Gasteiger partial charge in [0, 0.05) is 13.0 Å². The summed E-state index contributed by atoms with van der Waals surface area (Å²) in [6, 6.07) is 0. The molecule has 0 heterocycles. The predicted molar refractivity (Wildman–Crippen MR) is 71.3 cm³/mol. The molecular formula is C13H27N3O. The average molecular weight is 241 g/mol. The lowest BCUT2D eigenvalue weighted by Crippen LogP contribution is -2.29. The Bertz CT molecular complexity index is 247. The maximum Gasteiger partial charge on any atom is 0.139 e. The maximum atomic E-state index is 8.56. The molecule has 4 N–H and O–H groups in total. The van der Waals surface area contributed by atoms with Crippen LogP contribution in [0.4, 0.5) is 0 Å². The van der Waals surface area contributed by atoms with Crippen LogP contribution in [-0.2, 0) is 0 Å². The van der Waals surface area contributed by atoms with E-state index in [-0.39, 0.29) is 5.41 Å². The molecule has 100 valence electrons. The van der Waals surface area contributed by atoms with Crippen LogP contribution in [0, 0.1) is 11.3 Å². The van der Waals surface area contributed by atoms with Crippen LogP contribution in [0.5, 0.6) is 0 Å². The molecule has 4 nitrogen and oxygen atoms in total. The van der Waals surface area contributed by atoms with Gasteiger partial charge in [-0.2, -0.15) is 0 Å². The highest BCUT2D eigenvalue weighted by molar-refractivity contribution is 5.80. The smallest absolute Gasteiger partial charge is 0.139 e. The minimum atomic E-state index is 0.286.